The normalized spacial score (nSPS) is 15.2. The molecule has 0 amide bonds. The van der Waals surface area contributed by atoms with E-state index >= 15 is 0 Å². The van der Waals surface area contributed by atoms with Crippen molar-refractivity contribution in [1.29, 1.82) is 0 Å². The minimum atomic E-state index is -0.718. The molecule has 15 heavy (non-hydrogen) atoms. The van der Waals surface area contributed by atoms with Gasteiger partial charge in [-0.25, -0.2) is 0 Å². The smallest absolute Gasteiger partial charge is 0.308 e. The van der Waals surface area contributed by atoms with Gasteiger partial charge in [-0.15, -0.1) is 11.3 Å². The maximum Gasteiger partial charge on any atom is 0.308 e. The van der Waals surface area contributed by atoms with E-state index in [0.29, 0.717) is 6.42 Å². The van der Waals surface area contributed by atoms with E-state index in [2.05, 4.69) is 0 Å². The number of nitrogens with zero attached hydrogens (tertiary/aromatic N) is 1. The van der Waals surface area contributed by atoms with Gasteiger partial charge in [0.1, 0.15) is 0 Å². The number of carbonyl (C=O) groups is 1. The molecule has 0 fully saturated rings. The molecule has 84 valence electrons. The molecule has 4 heteroatoms. The summed E-state index contributed by atoms with van der Waals surface area (Å²) in [5.74, 6) is -1.05. The first-order valence-electron chi connectivity index (χ1n) is 5.00. The Balaban J connectivity index is 2.96. The van der Waals surface area contributed by atoms with Crippen LogP contribution in [0.5, 0.6) is 0 Å². The van der Waals surface area contributed by atoms with Gasteiger partial charge in [0.25, 0.3) is 0 Å². The molecule has 1 N–H and O–H groups in total. The first-order valence-corrected chi connectivity index (χ1v) is 5.88. The Morgan fingerprint density at radius 3 is 2.60 bits per heavy atom. The minimum Gasteiger partial charge on any atom is -0.481 e. The van der Waals surface area contributed by atoms with Gasteiger partial charge in [-0.1, -0.05) is 13.0 Å². The molecule has 0 saturated carbocycles. The SMILES string of the molecule is CCC(C(=O)O)C(c1cccs1)N(C)C. The standard InChI is InChI=1S/C11H17NO2S/c1-4-8(11(13)14)10(12(2)3)9-6-5-7-15-9/h5-8,10H,4H2,1-3H3,(H,13,14). The van der Waals surface area contributed by atoms with Crippen molar-refractivity contribution in [3.8, 4) is 0 Å². The number of carboxylic acids is 1. The summed E-state index contributed by atoms with van der Waals surface area (Å²) < 4.78 is 0. The molecular formula is C11H17NO2S. The average molecular weight is 227 g/mol. The van der Waals surface area contributed by atoms with Crippen LogP contribution in [0.1, 0.15) is 24.3 Å². The number of hydrogen-bond acceptors (Lipinski definition) is 3. The third kappa shape index (κ3) is 2.79. The molecule has 2 unspecified atom stereocenters. The van der Waals surface area contributed by atoms with Crippen LogP contribution in [0.3, 0.4) is 0 Å². The summed E-state index contributed by atoms with van der Waals surface area (Å²) in [7, 11) is 3.85. The van der Waals surface area contributed by atoms with E-state index in [1.807, 2.05) is 43.4 Å². The van der Waals surface area contributed by atoms with Gasteiger partial charge in [-0.3, -0.25) is 4.79 Å². The van der Waals surface area contributed by atoms with E-state index in [-0.39, 0.29) is 12.0 Å². The Bertz CT molecular complexity index is 308. The van der Waals surface area contributed by atoms with E-state index in [0.717, 1.165) is 4.88 Å². The lowest BCUT2D eigenvalue weighted by Gasteiger charge is -2.28. The molecule has 0 aliphatic rings. The molecule has 0 radical (unpaired) electrons. The Kier molecular flexibility index (Phi) is 4.29. The Morgan fingerprint density at radius 1 is 1.60 bits per heavy atom. The van der Waals surface area contributed by atoms with Gasteiger partial charge in [0.15, 0.2) is 0 Å². The summed E-state index contributed by atoms with van der Waals surface area (Å²) in [6, 6.07) is 3.94. The van der Waals surface area contributed by atoms with E-state index in [1.165, 1.54) is 0 Å². The van der Waals surface area contributed by atoms with Gasteiger partial charge < -0.3 is 10.0 Å². The maximum atomic E-state index is 11.1. The Morgan fingerprint density at radius 2 is 2.27 bits per heavy atom. The Labute approximate surface area is 94.3 Å². The second-order valence-electron chi connectivity index (χ2n) is 3.78. The summed E-state index contributed by atoms with van der Waals surface area (Å²) in [4.78, 5) is 14.2. The van der Waals surface area contributed by atoms with Crippen LogP contribution in [0.2, 0.25) is 0 Å². The highest BCUT2D eigenvalue weighted by Crippen LogP contribution is 2.32. The third-order valence-electron chi connectivity index (χ3n) is 2.53. The van der Waals surface area contributed by atoms with Crippen molar-refractivity contribution >= 4 is 17.3 Å². The molecule has 0 aliphatic carbocycles. The van der Waals surface area contributed by atoms with Crippen LogP contribution in [-0.2, 0) is 4.79 Å². The predicted octanol–water partition coefficient (Wildman–Crippen LogP) is 2.46. The van der Waals surface area contributed by atoms with Crippen molar-refractivity contribution in [2.24, 2.45) is 5.92 Å². The van der Waals surface area contributed by atoms with Crippen LogP contribution < -0.4 is 0 Å². The quantitative estimate of drug-likeness (QED) is 0.840. The largest absolute Gasteiger partial charge is 0.481 e. The van der Waals surface area contributed by atoms with E-state index in [9.17, 15) is 4.79 Å². The van der Waals surface area contributed by atoms with E-state index < -0.39 is 5.97 Å². The van der Waals surface area contributed by atoms with Crippen molar-refractivity contribution in [3.05, 3.63) is 22.4 Å². The summed E-state index contributed by atoms with van der Waals surface area (Å²) >= 11 is 1.62. The van der Waals surface area contributed by atoms with E-state index in [1.54, 1.807) is 11.3 Å². The molecule has 0 saturated heterocycles. The van der Waals surface area contributed by atoms with Gasteiger partial charge >= 0.3 is 5.97 Å². The van der Waals surface area contributed by atoms with Gasteiger partial charge in [0, 0.05) is 4.88 Å². The average Bonchev–Trinajstić information content (AvgIpc) is 2.64. The molecule has 1 heterocycles. The second kappa shape index (κ2) is 5.28. The first-order chi connectivity index (χ1) is 7.07. The van der Waals surface area contributed by atoms with Crippen LogP contribution in [0.25, 0.3) is 0 Å². The van der Waals surface area contributed by atoms with Crippen molar-refractivity contribution in [1.82, 2.24) is 4.90 Å². The van der Waals surface area contributed by atoms with Crippen LogP contribution in [0.4, 0.5) is 0 Å². The fraction of sp³-hybridized carbons (Fsp3) is 0.545. The van der Waals surface area contributed by atoms with Crippen LogP contribution in [0.15, 0.2) is 17.5 Å². The van der Waals surface area contributed by atoms with Crippen LogP contribution in [0, 0.1) is 5.92 Å². The van der Waals surface area contributed by atoms with Crippen molar-refractivity contribution in [2.45, 2.75) is 19.4 Å². The lowest BCUT2D eigenvalue weighted by molar-refractivity contribution is -0.144. The van der Waals surface area contributed by atoms with Crippen LogP contribution in [-0.4, -0.2) is 30.1 Å². The van der Waals surface area contributed by atoms with Crippen molar-refractivity contribution in [3.63, 3.8) is 0 Å². The second-order valence-corrected chi connectivity index (χ2v) is 4.76. The summed E-state index contributed by atoms with van der Waals surface area (Å²) in [5, 5.41) is 11.2. The molecular weight excluding hydrogens is 210 g/mol. The highest BCUT2D eigenvalue weighted by molar-refractivity contribution is 7.10. The van der Waals surface area contributed by atoms with Gasteiger partial charge in [0.2, 0.25) is 0 Å². The van der Waals surface area contributed by atoms with Crippen LogP contribution >= 0.6 is 11.3 Å². The van der Waals surface area contributed by atoms with E-state index in [4.69, 9.17) is 5.11 Å². The number of hydrogen-bond donors (Lipinski definition) is 1. The van der Waals surface area contributed by atoms with Gasteiger partial charge in [-0.05, 0) is 32.0 Å². The van der Waals surface area contributed by atoms with Crippen molar-refractivity contribution < 1.29 is 9.90 Å². The topological polar surface area (TPSA) is 40.5 Å². The molecule has 0 aliphatic heterocycles. The molecule has 0 bridgehead atoms. The molecule has 1 rings (SSSR count). The number of rotatable bonds is 5. The zero-order valence-electron chi connectivity index (χ0n) is 9.30. The lowest BCUT2D eigenvalue weighted by Crippen LogP contribution is -2.31. The molecule has 1 aromatic heterocycles. The number of carboxylic acid groups (broad SMARTS) is 1. The third-order valence-corrected chi connectivity index (χ3v) is 3.47. The zero-order valence-corrected chi connectivity index (χ0v) is 10.1. The van der Waals surface area contributed by atoms with Crippen molar-refractivity contribution in [2.75, 3.05) is 14.1 Å². The first kappa shape index (κ1) is 12.2. The fourth-order valence-electron chi connectivity index (χ4n) is 1.81. The molecule has 2 atom stereocenters. The zero-order chi connectivity index (χ0) is 11.4. The monoisotopic (exact) mass is 227 g/mol. The molecule has 1 aromatic rings. The highest BCUT2D eigenvalue weighted by Gasteiger charge is 2.30. The maximum absolute atomic E-state index is 11.1. The highest BCUT2D eigenvalue weighted by atomic mass is 32.1. The summed E-state index contributed by atoms with van der Waals surface area (Å²) in [6.45, 7) is 1.92. The molecule has 0 aromatic carbocycles. The lowest BCUT2D eigenvalue weighted by atomic mass is 9.95. The van der Waals surface area contributed by atoms with Gasteiger partial charge in [0.05, 0.1) is 12.0 Å². The van der Waals surface area contributed by atoms with Gasteiger partial charge in [-0.2, -0.15) is 0 Å². The summed E-state index contributed by atoms with van der Waals surface area (Å²) in [5.41, 5.74) is 0. The fourth-order valence-corrected chi connectivity index (χ4v) is 2.79. The number of aliphatic carboxylic acids is 1. The minimum absolute atomic E-state index is 0.0208. The Hall–Kier alpha value is -0.870. The molecule has 3 nitrogen and oxygen atoms in total. The summed E-state index contributed by atoms with van der Waals surface area (Å²) in [6.07, 6.45) is 0.649. The molecule has 0 spiro atoms. The predicted molar refractivity (Wildman–Crippen MR) is 62.2 cm³/mol. The number of thiophene rings is 1.